The Bertz CT molecular complexity index is 540. The summed E-state index contributed by atoms with van der Waals surface area (Å²) in [4.78, 5) is 23.9. The lowest BCUT2D eigenvalue weighted by molar-refractivity contribution is -0.138. The largest absolute Gasteiger partial charge is 0.481 e. The number of carboxylic acid groups (broad SMARTS) is 1. The van der Waals surface area contributed by atoms with Crippen molar-refractivity contribution in [3.05, 3.63) is 35.4 Å². The summed E-state index contributed by atoms with van der Waals surface area (Å²) < 4.78 is 37.5. The summed E-state index contributed by atoms with van der Waals surface area (Å²) in [6.07, 6.45) is -3.85. The van der Waals surface area contributed by atoms with Gasteiger partial charge in [0.25, 0.3) is 0 Å². The van der Waals surface area contributed by atoms with Crippen molar-refractivity contribution in [1.82, 2.24) is 4.90 Å². The van der Waals surface area contributed by atoms with E-state index in [0.717, 1.165) is 12.1 Å². The minimum atomic E-state index is -4.37. The highest BCUT2D eigenvalue weighted by atomic mass is 19.4. The van der Waals surface area contributed by atoms with Crippen LogP contribution in [-0.2, 0) is 15.8 Å². The highest BCUT2D eigenvalue weighted by Gasteiger charge is 2.30. The molecule has 0 radical (unpaired) electrons. The summed E-state index contributed by atoms with van der Waals surface area (Å²) in [7, 11) is 1.59. The Morgan fingerprint density at radius 1 is 1.22 bits per heavy atom. The molecule has 0 aliphatic heterocycles. The Balaban J connectivity index is 2.56. The number of aliphatic carboxylic acids is 1. The molecule has 1 N–H and O–H groups in total. The molecular formula is C16H20F3NO3. The van der Waals surface area contributed by atoms with Crippen molar-refractivity contribution in [2.75, 3.05) is 13.6 Å². The normalized spacial score (nSPS) is 12.7. The van der Waals surface area contributed by atoms with Crippen LogP contribution in [0.4, 0.5) is 13.2 Å². The summed E-state index contributed by atoms with van der Waals surface area (Å²) in [5.41, 5.74) is -0.0594. The molecule has 0 saturated carbocycles. The third kappa shape index (κ3) is 6.30. The summed E-state index contributed by atoms with van der Waals surface area (Å²) in [6.45, 7) is 2.11. The number of nitrogens with zero attached hydrogens (tertiary/aromatic N) is 1. The molecule has 1 aromatic carbocycles. The zero-order valence-electron chi connectivity index (χ0n) is 13.1. The molecule has 128 valence electrons. The molecule has 0 aliphatic rings. The highest BCUT2D eigenvalue weighted by Crippen LogP contribution is 2.30. The van der Waals surface area contributed by atoms with Crippen molar-refractivity contribution in [2.45, 2.75) is 38.3 Å². The first-order chi connectivity index (χ1) is 10.6. The summed E-state index contributed by atoms with van der Waals surface area (Å²) >= 11 is 0. The molecule has 7 heteroatoms. The van der Waals surface area contributed by atoms with Gasteiger partial charge in [-0.3, -0.25) is 9.59 Å². The second-order valence-electron chi connectivity index (χ2n) is 5.54. The molecule has 23 heavy (non-hydrogen) atoms. The van der Waals surface area contributed by atoms with Gasteiger partial charge in [0.15, 0.2) is 0 Å². The number of alkyl halides is 3. The number of benzene rings is 1. The number of rotatable bonds is 7. The second-order valence-corrected chi connectivity index (χ2v) is 5.54. The van der Waals surface area contributed by atoms with Gasteiger partial charge in [-0.25, -0.2) is 0 Å². The highest BCUT2D eigenvalue weighted by molar-refractivity contribution is 5.76. The predicted octanol–water partition coefficient (Wildman–Crippen LogP) is 3.52. The van der Waals surface area contributed by atoms with Gasteiger partial charge in [-0.2, -0.15) is 13.2 Å². The van der Waals surface area contributed by atoms with Crippen LogP contribution in [0.3, 0.4) is 0 Å². The van der Waals surface area contributed by atoms with Crippen molar-refractivity contribution < 1.29 is 27.9 Å². The van der Waals surface area contributed by atoms with E-state index >= 15 is 0 Å². The summed E-state index contributed by atoms with van der Waals surface area (Å²) in [6, 6.07) is 4.77. The van der Waals surface area contributed by atoms with Gasteiger partial charge in [0.05, 0.1) is 5.56 Å². The van der Waals surface area contributed by atoms with Gasteiger partial charge in [0.2, 0.25) is 5.91 Å². The van der Waals surface area contributed by atoms with Crippen LogP contribution in [0.2, 0.25) is 0 Å². The van der Waals surface area contributed by atoms with Crippen molar-refractivity contribution in [2.24, 2.45) is 0 Å². The fourth-order valence-electron chi connectivity index (χ4n) is 2.13. The number of amides is 1. The first kappa shape index (κ1) is 19.0. The fourth-order valence-corrected chi connectivity index (χ4v) is 2.13. The van der Waals surface area contributed by atoms with E-state index in [9.17, 15) is 22.8 Å². The van der Waals surface area contributed by atoms with E-state index in [1.807, 2.05) is 0 Å². The molecule has 0 bridgehead atoms. The minimum Gasteiger partial charge on any atom is -0.481 e. The van der Waals surface area contributed by atoms with Gasteiger partial charge < -0.3 is 10.0 Å². The first-order valence-corrected chi connectivity index (χ1v) is 7.24. The maximum atomic E-state index is 12.5. The molecule has 4 nitrogen and oxygen atoms in total. The average Bonchev–Trinajstić information content (AvgIpc) is 2.45. The predicted molar refractivity (Wildman–Crippen MR) is 79.0 cm³/mol. The minimum absolute atomic E-state index is 0.00786. The van der Waals surface area contributed by atoms with Gasteiger partial charge in [-0.15, -0.1) is 0 Å². The summed E-state index contributed by atoms with van der Waals surface area (Å²) in [5.74, 6) is -1.29. The van der Waals surface area contributed by atoms with E-state index in [0.29, 0.717) is 18.5 Å². The van der Waals surface area contributed by atoms with Gasteiger partial charge in [0.1, 0.15) is 0 Å². The maximum absolute atomic E-state index is 12.5. The van der Waals surface area contributed by atoms with Crippen LogP contribution in [-0.4, -0.2) is 35.5 Å². The topological polar surface area (TPSA) is 57.6 Å². The number of halogens is 3. The fraction of sp³-hybridized carbons (Fsp3) is 0.500. The van der Waals surface area contributed by atoms with E-state index < -0.39 is 17.7 Å². The molecule has 0 spiro atoms. The van der Waals surface area contributed by atoms with Gasteiger partial charge in [-0.1, -0.05) is 19.1 Å². The molecular weight excluding hydrogens is 311 g/mol. The summed E-state index contributed by atoms with van der Waals surface area (Å²) in [5, 5.41) is 8.56. The molecule has 1 aromatic rings. The number of carbonyl (C=O) groups excluding carboxylic acids is 1. The Morgan fingerprint density at radius 2 is 1.78 bits per heavy atom. The molecule has 1 unspecified atom stereocenters. The molecule has 1 atom stereocenters. The van der Waals surface area contributed by atoms with Crippen molar-refractivity contribution in [3.63, 3.8) is 0 Å². The molecule has 0 heterocycles. The van der Waals surface area contributed by atoms with Crippen molar-refractivity contribution in [1.29, 1.82) is 0 Å². The Kier molecular flexibility index (Phi) is 6.60. The van der Waals surface area contributed by atoms with Gasteiger partial charge in [-0.05, 0) is 30.0 Å². The first-order valence-electron chi connectivity index (χ1n) is 7.24. The lowest BCUT2D eigenvalue weighted by atomic mass is 9.96. The molecule has 1 rings (SSSR count). The zero-order valence-corrected chi connectivity index (χ0v) is 13.1. The third-order valence-electron chi connectivity index (χ3n) is 3.60. The Morgan fingerprint density at radius 3 is 2.26 bits per heavy atom. The standard InChI is InChI=1S/C16H20F3NO3/c1-11(10-14(21)20(2)9-3-4-15(22)23)12-5-7-13(8-6-12)16(17,18)19/h5-8,11H,3-4,9-10H2,1-2H3,(H,22,23). The Hall–Kier alpha value is -2.05. The number of carbonyl (C=O) groups is 2. The van der Waals surface area contributed by atoms with Crippen LogP contribution >= 0.6 is 0 Å². The van der Waals surface area contributed by atoms with Crippen LogP contribution in [0.1, 0.15) is 43.2 Å². The van der Waals surface area contributed by atoms with Crippen LogP contribution in [0.5, 0.6) is 0 Å². The van der Waals surface area contributed by atoms with Crippen LogP contribution < -0.4 is 0 Å². The van der Waals surface area contributed by atoms with Gasteiger partial charge in [0, 0.05) is 26.4 Å². The van der Waals surface area contributed by atoms with E-state index in [1.165, 1.54) is 17.0 Å². The number of hydrogen-bond donors (Lipinski definition) is 1. The van der Waals surface area contributed by atoms with E-state index in [2.05, 4.69) is 0 Å². The van der Waals surface area contributed by atoms with E-state index in [1.54, 1.807) is 14.0 Å². The van der Waals surface area contributed by atoms with Crippen LogP contribution in [0.15, 0.2) is 24.3 Å². The number of hydrogen-bond acceptors (Lipinski definition) is 2. The lowest BCUT2D eigenvalue weighted by Gasteiger charge is -2.20. The third-order valence-corrected chi connectivity index (χ3v) is 3.60. The average molecular weight is 331 g/mol. The van der Waals surface area contributed by atoms with Crippen LogP contribution in [0, 0.1) is 0 Å². The quantitative estimate of drug-likeness (QED) is 0.832. The van der Waals surface area contributed by atoms with Gasteiger partial charge >= 0.3 is 12.1 Å². The molecule has 0 aromatic heterocycles. The lowest BCUT2D eigenvalue weighted by Crippen LogP contribution is -2.29. The van der Waals surface area contributed by atoms with Crippen molar-refractivity contribution in [3.8, 4) is 0 Å². The number of carboxylic acids is 1. The Labute approximate surface area is 132 Å². The molecule has 0 aliphatic carbocycles. The smallest absolute Gasteiger partial charge is 0.416 e. The van der Waals surface area contributed by atoms with Crippen molar-refractivity contribution >= 4 is 11.9 Å². The maximum Gasteiger partial charge on any atom is 0.416 e. The molecule has 0 saturated heterocycles. The van der Waals surface area contributed by atoms with E-state index in [4.69, 9.17) is 5.11 Å². The molecule has 1 amide bonds. The zero-order chi connectivity index (χ0) is 17.6. The second kappa shape index (κ2) is 7.99. The van der Waals surface area contributed by atoms with Crippen LogP contribution in [0.25, 0.3) is 0 Å². The monoisotopic (exact) mass is 331 g/mol. The van der Waals surface area contributed by atoms with E-state index in [-0.39, 0.29) is 24.7 Å². The molecule has 0 fully saturated rings. The SMILES string of the molecule is CC(CC(=O)N(C)CCCC(=O)O)c1ccc(C(F)(F)F)cc1.